The third-order valence-electron chi connectivity index (χ3n) is 2.64. The fraction of sp³-hybridized carbons (Fsp3) is 0.727. The van der Waals surface area contributed by atoms with Crippen molar-refractivity contribution in [3.05, 3.63) is 5.89 Å². The summed E-state index contributed by atoms with van der Waals surface area (Å²) in [6.07, 6.45) is 2.12. The predicted octanol–water partition coefficient (Wildman–Crippen LogP) is 1.77. The highest BCUT2D eigenvalue weighted by molar-refractivity contribution is 7.99. The number of hydrogen-bond donors (Lipinski definition) is 0. The molecule has 0 bridgehead atoms. The van der Waals surface area contributed by atoms with Crippen LogP contribution in [0.3, 0.4) is 0 Å². The minimum atomic E-state index is -0.567. The number of carbonyl (C=O) groups is 1. The molecule has 1 aromatic heterocycles. The van der Waals surface area contributed by atoms with Gasteiger partial charge < -0.3 is 13.9 Å². The summed E-state index contributed by atoms with van der Waals surface area (Å²) < 4.78 is 15.3. The Labute approximate surface area is 109 Å². The van der Waals surface area contributed by atoms with Crippen LogP contribution in [0.1, 0.15) is 30.5 Å². The van der Waals surface area contributed by atoms with Gasteiger partial charge in [0.05, 0.1) is 6.61 Å². The second-order valence-corrected chi connectivity index (χ2v) is 4.93. The van der Waals surface area contributed by atoms with E-state index in [1.54, 1.807) is 6.92 Å². The van der Waals surface area contributed by atoms with Crippen LogP contribution in [-0.4, -0.2) is 41.7 Å². The molecule has 6 nitrogen and oxygen atoms in total. The molecule has 0 N–H and O–H groups in total. The molecule has 0 spiro atoms. The SMILES string of the molecule is CCOC(=O)c1nnc(SCC2CCOCC2)o1. The van der Waals surface area contributed by atoms with E-state index in [2.05, 4.69) is 10.2 Å². The van der Waals surface area contributed by atoms with Crippen molar-refractivity contribution in [2.24, 2.45) is 5.92 Å². The third kappa shape index (κ3) is 3.71. The maximum Gasteiger partial charge on any atom is 0.396 e. The average Bonchev–Trinajstić information content (AvgIpc) is 2.87. The Bertz CT molecular complexity index is 390. The number of nitrogens with zero attached hydrogens (tertiary/aromatic N) is 2. The van der Waals surface area contributed by atoms with Crippen molar-refractivity contribution < 1.29 is 18.7 Å². The largest absolute Gasteiger partial charge is 0.459 e. The average molecular weight is 272 g/mol. The van der Waals surface area contributed by atoms with Crippen molar-refractivity contribution in [3.8, 4) is 0 Å². The standard InChI is InChI=1S/C11H16N2O4S/c1-2-16-10(14)9-12-13-11(17-9)18-7-8-3-5-15-6-4-8/h8H,2-7H2,1H3. The summed E-state index contributed by atoms with van der Waals surface area (Å²) in [7, 11) is 0. The van der Waals surface area contributed by atoms with Gasteiger partial charge in [-0.15, -0.1) is 5.10 Å². The maximum atomic E-state index is 11.3. The molecule has 7 heteroatoms. The lowest BCUT2D eigenvalue weighted by atomic mass is 10.0. The highest BCUT2D eigenvalue weighted by Crippen LogP contribution is 2.24. The second-order valence-electron chi connectivity index (χ2n) is 3.96. The van der Waals surface area contributed by atoms with E-state index in [1.165, 1.54) is 11.8 Å². The lowest BCUT2D eigenvalue weighted by molar-refractivity contribution is 0.0475. The molecule has 2 heterocycles. The lowest BCUT2D eigenvalue weighted by Gasteiger charge is -2.20. The molecule has 0 amide bonds. The molecule has 1 fully saturated rings. The van der Waals surface area contributed by atoms with Crippen molar-refractivity contribution in [1.29, 1.82) is 0 Å². The first kappa shape index (κ1) is 13.4. The molecule has 0 unspecified atom stereocenters. The number of carbonyl (C=O) groups excluding carboxylic acids is 1. The van der Waals surface area contributed by atoms with Gasteiger partial charge in [0.1, 0.15) is 0 Å². The summed E-state index contributed by atoms with van der Waals surface area (Å²) in [5, 5.41) is 7.90. The summed E-state index contributed by atoms with van der Waals surface area (Å²) in [5.74, 6) is 0.879. The molecular weight excluding hydrogens is 256 g/mol. The molecule has 0 radical (unpaired) electrons. The summed E-state index contributed by atoms with van der Waals surface area (Å²) in [4.78, 5) is 11.3. The van der Waals surface area contributed by atoms with Crippen molar-refractivity contribution in [2.75, 3.05) is 25.6 Å². The zero-order chi connectivity index (χ0) is 12.8. The number of thioether (sulfide) groups is 1. The topological polar surface area (TPSA) is 74.5 Å². The number of esters is 1. The normalized spacial score (nSPS) is 16.7. The van der Waals surface area contributed by atoms with Crippen LogP contribution in [0, 0.1) is 5.92 Å². The summed E-state index contributed by atoms with van der Waals surface area (Å²) in [6.45, 7) is 3.67. The predicted molar refractivity (Wildman–Crippen MR) is 64.5 cm³/mol. The molecule has 0 aliphatic carbocycles. The van der Waals surface area contributed by atoms with Crippen molar-refractivity contribution in [3.63, 3.8) is 0 Å². The smallest absolute Gasteiger partial charge is 0.396 e. The molecule has 0 saturated carbocycles. The van der Waals surface area contributed by atoms with Crippen molar-refractivity contribution in [2.45, 2.75) is 25.0 Å². The zero-order valence-electron chi connectivity index (χ0n) is 10.3. The van der Waals surface area contributed by atoms with Crippen LogP contribution < -0.4 is 0 Å². The van der Waals surface area contributed by atoms with E-state index in [1.807, 2.05) is 0 Å². The minimum Gasteiger partial charge on any atom is -0.459 e. The molecule has 18 heavy (non-hydrogen) atoms. The zero-order valence-corrected chi connectivity index (χ0v) is 11.1. The van der Waals surface area contributed by atoms with Crippen LogP contribution in [0.25, 0.3) is 0 Å². The highest BCUT2D eigenvalue weighted by Gasteiger charge is 2.18. The molecule has 1 aliphatic heterocycles. The number of rotatable bonds is 5. The first-order valence-electron chi connectivity index (χ1n) is 6.00. The Morgan fingerprint density at radius 1 is 1.44 bits per heavy atom. The third-order valence-corrected chi connectivity index (χ3v) is 3.69. The summed E-state index contributed by atoms with van der Waals surface area (Å²) >= 11 is 1.48. The summed E-state index contributed by atoms with van der Waals surface area (Å²) in [5.41, 5.74) is 0. The maximum absolute atomic E-state index is 11.3. The van der Waals surface area contributed by atoms with E-state index in [0.717, 1.165) is 31.8 Å². The second kappa shape index (κ2) is 6.75. The van der Waals surface area contributed by atoms with Crippen LogP contribution in [0.5, 0.6) is 0 Å². The first-order chi connectivity index (χ1) is 8.79. The quantitative estimate of drug-likeness (QED) is 0.597. The first-order valence-corrected chi connectivity index (χ1v) is 6.99. The Hall–Kier alpha value is -1.08. The van der Waals surface area contributed by atoms with Crippen LogP contribution in [-0.2, 0) is 9.47 Å². The van der Waals surface area contributed by atoms with Gasteiger partial charge >= 0.3 is 11.9 Å². The van der Waals surface area contributed by atoms with Crippen LogP contribution in [0.4, 0.5) is 0 Å². The van der Waals surface area contributed by atoms with Crippen LogP contribution in [0.15, 0.2) is 9.64 Å². The van der Waals surface area contributed by atoms with Gasteiger partial charge in [-0.3, -0.25) is 0 Å². The van der Waals surface area contributed by atoms with Gasteiger partial charge in [-0.05, 0) is 25.7 Å². The Morgan fingerprint density at radius 3 is 2.94 bits per heavy atom. The molecule has 0 aromatic carbocycles. The summed E-state index contributed by atoms with van der Waals surface area (Å²) in [6, 6.07) is 0. The number of hydrogen-bond acceptors (Lipinski definition) is 7. The molecule has 1 saturated heterocycles. The van der Waals surface area contributed by atoms with Crippen LogP contribution in [0.2, 0.25) is 0 Å². The van der Waals surface area contributed by atoms with Gasteiger partial charge in [-0.2, -0.15) is 0 Å². The Kier molecular flexibility index (Phi) is 5.00. The number of aromatic nitrogens is 2. The van der Waals surface area contributed by atoms with E-state index < -0.39 is 5.97 Å². The van der Waals surface area contributed by atoms with Crippen LogP contribution >= 0.6 is 11.8 Å². The van der Waals surface area contributed by atoms with E-state index >= 15 is 0 Å². The van der Waals surface area contributed by atoms with Gasteiger partial charge in [0.25, 0.3) is 5.22 Å². The molecule has 1 aromatic rings. The van der Waals surface area contributed by atoms with E-state index in [9.17, 15) is 4.79 Å². The van der Waals surface area contributed by atoms with Crippen molar-refractivity contribution >= 4 is 17.7 Å². The minimum absolute atomic E-state index is 0.0775. The fourth-order valence-corrected chi connectivity index (χ4v) is 2.59. The molecule has 0 atom stereocenters. The molecule has 100 valence electrons. The molecule has 2 rings (SSSR count). The fourth-order valence-electron chi connectivity index (χ4n) is 1.65. The van der Waals surface area contributed by atoms with Gasteiger partial charge in [0.2, 0.25) is 0 Å². The Balaban J connectivity index is 1.80. The lowest BCUT2D eigenvalue weighted by Crippen LogP contribution is -2.17. The van der Waals surface area contributed by atoms with Gasteiger partial charge in [0.15, 0.2) is 0 Å². The number of ether oxygens (including phenoxy) is 2. The van der Waals surface area contributed by atoms with E-state index in [4.69, 9.17) is 13.9 Å². The molecular formula is C11H16N2O4S. The van der Waals surface area contributed by atoms with E-state index in [-0.39, 0.29) is 5.89 Å². The Morgan fingerprint density at radius 2 is 2.22 bits per heavy atom. The van der Waals surface area contributed by atoms with Crippen molar-refractivity contribution in [1.82, 2.24) is 10.2 Å². The monoisotopic (exact) mass is 272 g/mol. The highest BCUT2D eigenvalue weighted by atomic mass is 32.2. The van der Waals surface area contributed by atoms with Gasteiger partial charge in [-0.25, -0.2) is 4.79 Å². The van der Waals surface area contributed by atoms with Gasteiger partial charge in [-0.1, -0.05) is 16.9 Å². The van der Waals surface area contributed by atoms with Gasteiger partial charge in [0, 0.05) is 19.0 Å². The molecule has 1 aliphatic rings. The van der Waals surface area contributed by atoms with E-state index in [0.29, 0.717) is 17.7 Å².